The number of allylic oxidation sites excluding steroid dienone is 1. The fourth-order valence-corrected chi connectivity index (χ4v) is 4.83. The standard InChI is InChI=1S/C14H22O2/c1-8-4-10-9-5-11(14(8)10)13(7-16-3)12(9)6-15-2/h9-14H,1,4-7H2,2-3H3/t9-,10+,11-,12+,13-,14+/m0/s1. The Labute approximate surface area is 98.0 Å². The Morgan fingerprint density at radius 1 is 1.06 bits per heavy atom. The van der Waals surface area contributed by atoms with Crippen LogP contribution in [0, 0.1) is 35.5 Å². The maximum Gasteiger partial charge on any atom is 0.0496 e. The average molecular weight is 222 g/mol. The Bertz CT molecular complexity index is 299. The van der Waals surface area contributed by atoms with Gasteiger partial charge in [0.2, 0.25) is 0 Å². The molecule has 0 aliphatic heterocycles. The first-order valence-electron chi connectivity index (χ1n) is 6.43. The van der Waals surface area contributed by atoms with Crippen molar-refractivity contribution in [2.75, 3.05) is 27.4 Å². The predicted molar refractivity (Wildman–Crippen MR) is 63.1 cm³/mol. The molecule has 6 atom stereocenters. The molecule has 3 aliphatic carbocycles. The molecule has 0 aromatic heterocycles. The zero-order chi connectivity index (χ0) is 11.3. The van der Waals surface area contributed by atoms with Gasteiger partial charge in [0, 0.05) is 27.4 Å². The summed E-state index contributed by atoms with van der Waals surface area (Å²) in [5, 5.41) is 0. The lowest BCUT2D eigenvalue weighted by atomic mass is 9.57. The van der Waals surface area contributed by atoms with Crippen LogP contribution in [0.3, 0.4) is 0 Å². The van der Waals surface area contributed by atoms with Gasteiger partial charge in [-0.05, 0) is 48.3 Å². The minimum absolute atomic E-state index is 0.716. The Kier molecular flexibility index (Phi) is 2.60. The summed E-state index contributed by atoms with van der Waals surface area (Å²) in [6.45, 7) is 6.05. The monoisotopic (exact) mass is 222 g/mol. The van der Waals surface area contributed by atoms with Gasteiger partial charge < -0.3 is 9.47 Å². The topological polar surface area (TPSA) is 18.5 Å². The first-order valence-corrected chi connectivity index (χ1v) is 6.43. The van der Waals surface area contributed by atoms with Gasteiger partial charge in [0.25, 0.3) is 0 Å². The maximum absolute atomic E-state index is 5.41. The van der Waals surface area contributed by atoms with Crippen LogP contribution in [0.1, 0.15) is 12.8 Å². The summed E-state index contributed by atoms with van der Waals surface area (Å²) in [7, 11) is 3.65. The highest BCUT2D eigenvalue weighted by atomic mass is 16.5. The molecular formula is C14H22O2. The third kappa shape index (κ3) is 1.26. The second-order valence-corrected chi connectivity index (χ2v) is 5.85. The predicted octanol–water partition coefficient (Wildman–Crippen LogP) is 2.35. The third-order valence-electron chi connectivity index (χ3n) is 5.35. The van der Waals surface area contributed by atoms with Crippen LogP contribution in [0.4, 0.5) is 0 Å². The molecule has 0 radical (unpaired) electrons. The molecule has 2 nitrogen and oxygen atoms in total. The number of fused-ring (bicyclic) bond motifs is 5. The van der Waals surface area contributed by atoms with E-state index in [0.717, 1.165) is 42.8 Å². The Balaban J connectivity index is 1.79. The lowest BCUT2D eigenvalue weighted by Crippen LogP contribution is -2.44. The van der Waals surface area contributed by atoms with E-state index in [1.165, 1.54) is 18.4 Å². The van der Waals surface area contributed by atoms with E-state index in [-0.39, 0.29) is 0 Å². The molecule has 16 heavy (non-hydrogen) atoms. The zero-order valence-electron chi connectivity index (χ0n) is 10.3. The smallest absolute Gasteiger partial charge is 0.0496 e. The molecule has 3 saturated carbocycles. The van der Waals surface area contributed by atoms with Crippen LogP contribution in [-0.2, 0) is 9.47 Å². The van der Waals surface area contributed by atoms with Gasteiger partial charge in [0.15, 0.2) is 0 Å². The largest absolute Gasteiger partial charge is 0.384 e. The van der Waals surface area contributed by atoms with Crippen LogP contribution in [-0.4, -0.2) is 27.4 Å². The summed E-state index contributed by atoms with van der Waals surface area (Å²) in [4.78, 5) is 0. The minimum Gasteiger partial charge on any atom is -0.384 e. The van der Waals surface area contributed by atoms with Crippen molar-refractivity contribution in [3.05, 3.63) is 12.2 Å². The Hall–Kier alpha value is -0.340. The molecule has 3 rings (SSSR count). The van der Waals surface area contributed by atoms with E-state index < -0.39 is 0 Å². The minimum atomic E-state index is 0.716. The van der Waals surface area contributed by atoms with E-state index in [0.29, 0.717) is 5.92 Å². The van der Waals surface area contributed by atoms with Gasteiger partial charge in [-0.3, -0.25) is 0 Å². The highest BCUT2D eigenvalue weighted by Gasteiger charge is 2.61. The fourth-order valence-electron chi connectivity index (χ4n) is 4.83. The van der Waals surface area contributed by atoms with Gasteiger partial charge in [0.1, 0.15) is 0 Å². The lowest BCUT2D eigenvalue weighted by molar-refractivity contribution is -0.0120. The summed E-state index contributed by atoms with van der Waals surface area (Å²) >= 11 is 0. The van der Waals surface area contributed by atoms with Crippen LogP contribution in [0.15, 0.2) is 12.2 Å². The number of hydrogen-bond acceptors (Lipinski definition) is 2. The summed E-state index contributed by atoms with van der Waals surface area (Å²) in [5.74, 6) is 4.96. The lowest BCUT2D eigenvalue weighted by Gasteiger charge is -2.48. The van der Waals surface area contributed by atoms with E-state index in [4.69, 9.17) is 9.47 Å². The van der Waals surface area contributed by atoms with Gasteiger partial charge in [0.05, 0.1) is 0 Å². The fraction of sp³-hybridized carbons (Fsp3) is 0.857. The quantitative estimate of drug-likeness (QED) is 0.680. The Morgan fingerprint density at radius 2 is 1.69 bits per heavy atom. The first kappa shape index (κ1) is 10.8. The molecule has 3 aliphatic rings. The van der Waals surface area contributed by atoms with Crippen LogP contribution >= 0.6 is 0 Å². The molecule has 0 heterocycles. The molecular weight excluding hydrogens is 200 g/mol. The highest BCUT2D eigenvalue weighted by Crippen LogP contribution is 2.66. The van der Waals surface area contributed by atoms with E-state index in [2.05, 4.69) is 6.58 Å². The van der Waals surface area contributed by atoms with Crippen molar-refractivity contribution in [1.29, 1.82) is 0 Å². The van der Waals surface area contributed by atoms with Gasteiger partial charge >= 0.3 is 0 Å². The first-order chi connectivity index (χ1) is 7.77. The molecule has 0 N–H and O–H groups in total. The second kappa shape index (κ2) is 3.85. The summed E-state index contributed by atoms with van der Waals surface area (Å²) in [5.41, 5.74) is 1.51. The Morgan fingerprint density at radius 3 is 2.25 bits per heavy atom. The van der Waals surface area contributed by atoms with Crippen LogP contribution in [0.5, 0.6) is 0 Å². The molecule has 3 fully saturated rings. The molecule has 0 spiro atoms. The summed E-state index contributed by atoms with van der Waals surface area (Å²) < 4.78 is 10.8. The van der Waals surface area contributed by atoms with Crippen molar-refractivity contribution in [1.82, 2.24) is 0 Å². The van der Waals surface area contributed by atoms with Crippen molar-refractivity contribution in [2.45, 2.75) is 12.8 Å². The van der Waals surface area contributed by atoms with Gasteiger partial charge in [-0.15, -0.1) is 0 Å². The van der Waals surface area contributed by atoms with E-state index >= 15 is 0 Å². The number of methoxy groups -OCH3 is 2. The normalized spacial score (nSPS) is 49.2. The van der Waals surface area contributed by atoms with E-state index in [1.54, 1.807) is 0 Å². The summed E-state index contributed by atoms with van der Waals surface area (Å²) in [6, 6.07) is 0. The van der Waals surface area contributed by atoms with E-state index in [9.17, 15) is 0 Å². The van der Waals surface area contributed by atoms with Crippen LogP contribution in [0.2, 0.25) is 0 Å². The number of rotatable bonds is 4. The van der Waals surface area contributed by atoms with E-state index in [1.807, 2.05) is 14.2 Å². The molecule has 2 heteroatoms. The van der Waals surface area contributed by atoms with Crippen LogP contribution < -0.4 is 0 Å². The number of ether oxygens (including phenoxy) is 2. The molecule has 0 saturated heterocycles. The van der Waals surface area contributed by atoms with Crippen molar-refractivity contribution in [3.63, 3.8) is 0 Å². The second-order valence-electron chi connectivity index (χ2n) is 5.85. The van der Waals surface area contributed by atoms with Gasteiger partial charge in [-0.2, -0.15) is 0 Å². The van der Waals surface area contributed by atoms with Gasteiger partial charge in [-0.1, -0.05) is 12.2 Å². The van der Waals surface area contributed by atoms with Gasteiger partial charge in [-0.25, -0.2) is 0 Å². The van der Waals surface area contributed by atoms with Crippen molar-refractivity contribution in [3.8, 4) is 0 Å². The maximum atomic E-state index is 5.41. The highest BCUT2D eigenvalue weighted by molar-refractivity contribution is 5.25. The average Bonchev–Trinajstić information content (AvgIpc) is 2.71. The molecule has 0 aromatic rings. The SMILES string of the molecule is C=C1C[C@@H]2[C@@H]3C[C@@H]([C@H](COC)[C@@H]3COC)[C@H]12. The molecule has 0 aromatic carbocycles. The molecule has 0 unspecified atom stereocenters. The van der Waals surface area contributed by atoms with Crippen molar-refractivity contribution in [2.24, 2.45) is 35.5 Å². The molecule has 2 bridgehead atoms. The van der Waals surface area contributed by atoms with Crippen molar-refractivity contribution < 1.29 is 9.47 Å². The van der Waals surface area contributed by atoms with Crippen LogP contribution in [0.25, 0.3) is 0 Å². The zero-order valence-corrected chi connectivity index (χ0v) is 10.3. The third-order valence-corrected chi connectivity index (χ3v) is 5.35. The molecule has 0 amide bonds. The number of hydrogen-bond donors (Lipinski definition) is 0. The summed E-state index contributed by atoms with van der Waals surface area (Å²) in [6.07, 6.45) is 2.68. The van der Waals surface area contributed by atoms with Crippen molar-refractivity contribution >= 4 is 0 Å². The molecule has 90 valence electrons.